The van der Waals surface area contributed by atoms with Gasteiger partial charge in [-0.1, -0.05) is 29.3 Å². The van der Waals surface area contributed by atoms with Gasteiger partial charge >= 0.3 is 0 Å². The van der Waals surface area contributed by atoms with Crippen LogP contribution in [0.25, 0.3) is 11.1 Å². The number of nitrogen functional groups attached to an aromatic ring is 1. The highest BCUT2D eigenvalue weighted by molar-refractivity contribution is 6.42. The molecule has 0 saturated heterocycles. The summed E-state index contributed by atoms with van der Waals surface area (Å²) < 4.78 is 26.7. The van der Waals surface area contributed by atoms with Crippen LogP contribution in [0.3, 0.4) is 0 Å². The summed E-state index contributed by atoms with van der Waals surface area (Å²) in [6.45, 7) is 0. The Balaban J connectivity index is 2.61. The van der Waals surface area contributed by atoms with Crippen molar-refractivity contribution < 1.29 is 8.78 Å². The van der Waals surface area contributed by atoms with Gasteiger partial charge in [0.05, 0.1) is 10.0 Å². The summed E-state index contributed by atoms with van der Waals surface area (Å²) in [4.78, 5) is 0. The molecule has 0 saturated carbocycles. The Hall–Kier alpha value is -1.32. The molecule has 0 aromatic heterocycles. The van der Waals surface area contributed by atoms with E-state index < -0.39 is 17.3 Å². The fourth-order valence-electron chi connectivity index (χ4n) is 1.46. The lowest BCUT2D eigenvalue weighted by molar-refractivity contribution is 0.594. The summed E-state index contributed by atoms with van der Waals surface area (Å²) in [6, 6.07) is 7.04. The smallest absolute Gasteiger partial charge is 0.156 e. The number of rotatable bonds is 1. The maximum atomic E-state index is 13.7. The minimum atomic E-state index is -0.802. The van der Waals surface area contributed by atoms with Crippen LogP contribution in [0.5, 0.6) is 0 Å². The Labute approximate surface area is 107 Å². The van der Waals surface area contributed by atoms with Gasteiger partial charge in [-0.3, -0.25) is 0 Å². The second-order valence-corrected chi connectivity index (χ2v) is 4.27. The summed E-state index contributed by atoms with van der Waals surface area (Å²) in [5.41, 5.74) is 5.45. The van der Waals surface area contributed by atoms with E-state index in [9.17, 15) is 8.78 Å². The van der Waals surface area contributed by atoms with Gasteiger partial charge in [-0.25, -0.2) is 8.78 Å². The number of anilines is 1. The van der Waals surface area contributed by atoms with Crippen molar-refractivity contribution in [2.45, 2.75) is 0 Å². The molecule has 2 aromatic rings. The van der Waals surface area contributed by atoms with Crippen molar-refractivity contribution in [3.8, 4) is 11.1 Å². The molecule has 0 aliphatic rings. The van der Waals surface area contributed by atoms with E-state index in [4.69, 9.17) is 28.9 Å². The van der Waals surface area contributed by atoms with Crippen LogP contribution in [0.4, 0.5) is 14.5 Å². The molecular formula is C12H7Cl2F2N. The van der Waals surface area contributed by atoms with Crippen LogP contribution >= 0.6 is 23.2 Å². The van der Waals surface area contributed by atoms with Gasteiger partial charge in [0, 0.05) is 5.56 Å². The van der Waals surface area contributed by atoms with E-state index in [-0.39, 0.29) is 5.56 Å². The van der Waals surface area contributed by atoms with Crippen molar-refractivity contribution in [3.05, 3.63) is 52.0 Å². The number of hydrogen-bond donors (Lipinski definition) is 1. The highest BCUT2D eigenvalue weighted by Gasteiger charge is 2.12. The zero-order chi connectivity index (χ0) is 12.6. The van der Waals surface area contributed by atoms with Crippen molar-refractivity contribution in [1.82, 2.24) is 0 Å². The maximum absolute atomic E-state index is 13.7. The van der Waals surface area contributed by atoms with E-state index in [2.05, 4.69) is 0 Å². The zero-order valence-electron chi connectivity index (χ0n) is 8.48. The molecule has 88 valence electrons. The molecule has 0 spiro atoms. The zero-order valence-corrected chi connectivity index (χ0v) is 9.99. The average molecular weight is 274 g/mol. The van der Waals surface area contributed by atoms with Crippen LogP contribution < -0.4 is 5.73 Å². The average Bonchev–Trinajstić information content (AvgIpc) is 2.30. The number of hydrogen-bond acceptors (Lipinski definition) is 1. The van der Waals surface area contributed by atoms with Crippen molar-refractivity contribution in [2.75, 3.05) is 5.73 Å². The van der Waals surface area contributed by atoms with E-state index in [1.807, 2.05) is 0 Å². The summed E-state index contributed by atoms with van der Waals surface area (Å²) in [5.74, 6) is -1.59. The molecular weight excluding hydrogens is 267 g/mol. The minimum absolute atomic E-state index is 0.183. The summed E-state index contributed by atoms with van der Waals surface area (Å²) in [6.07, 6.45) is 0. The van der Waals surface area contributed by atoms with Gasteiger partial charge in [-0.05, 0) is 29.8 Å². The van der Waals surface area contributed by atoms with E-state index >= 15 is 0 Å². The predicted molar refractivity (Wildman–Crippen MR) is 66.2 cm³/mol. The van der Waals surface area contributed by atoms with Gasteiger partial charge in [0.15, 0.2) is 5.82 Å². The quantitative estimate of drug-likeness (QED) is 0.760. The Morgan fingerprint density at radius 3 is 2.29 bits per heavy atom. The number of halogens is 4. The third-order valence-electron chi connectivity index (χ3n) is 2.36. The predicted octanol–water partition coefficient (Wildman–Crippen LogP) is 4.52. The molecule has 0 heterocycles. The van der Waals surface area contributed by atoms with Gasteiger partial charge in [0.2, 0.25) is 0 Å². The molecule has 2 rings (SSSR count). The number of nitrogens with two attached hydrogens (primary N) is 1. The summed E-state index contributed by atoms with van der Waals surface area (Å²) in [5, 5.41) is 0.664. The summed E-state index contributed by atoms with van der Waals surface area (Å²) in [7, 11) is 0. The molecule has 1 nitrogen and oxygen atoms in total. The van der Waals surface area contributed by atoms with Crippen molar-refractivity contribution >= 4 is 28.9 Å². The van der Waals surface area contributed by atoms with Gasteiger partial charge in [0.1, 0.15) is 11.5 Å². The summed E-state index contributed by atoms with van der Waals surface area (Å²) >= 11 is 11.6. The molecule has 0 bridgehead atoms. The molecule has 2 aromatic carbocycles. The van der Waals surface area contributed by atoms with E-state index in [0.29, 0.717) is 15.6 Å². The van der Waals surface area contributed by atoms with Crippen LogP contribution in [0.1, 0.15) is 0 Å². The van der Waals surface area contributed by atoms with Crippen molar-refractivity contribution in [1.29, 1.82) is 0 Å². The first kappa shape index (κ1) is 12.1. The molecule has 0 aliphatic heterocycles. The Bertz CT molecular complexity index is 585. The molecule has 5 heteroatoms. The molecule has 2 N–H and O–H groups in total. The molecule has 0 fully saturated rings. The van der Waals surface area contributed by atoms with Crippen LogP contribution in [-0.2, 0) is 0 Å². The third-order valence-corrected chi connectivity index (χ3v) is 3.10. The molecule has 0 atom stereocenters. The largest absolute Gasteiger partial charge is 0.394 e. The molecule has 0 amide bonds. The van der Waals surface area contributed by atoms with Gasteiger partial charge in [0.25, 0.3) is 0 Å². The first-order valence-electron chi connectivity index (χ1n) is 4.69. The van der Waals surface area contributed by atoms with Gasteiger partial charge in [-0.2, -0.15) is 0 Å². The van der Waals surface area contributed by atoms with Crippen LogP contribution in [0.15, 0.2) is 30.3 Å². The highest BCUT2D eigenvalue weighted by Crippen LogP contribution is 2.32. The first-order valence-corrected chi connectivity index (χ1v) is 5.45. The van der Waals surface area contributed by atoms with Crippen LogP contribution in [0.2, 0.25) is 10.0 Å². The fourth-order valence-corrected chi connectivity index (χ4v) is 1.75. The van der Waals surface area contributed by atoms with Crippen molar-refractivity contribution in [3.63, 3.8) is 0 Å². The van der Waals surface area contributed by atoms with Crippen LogP contribution in [0, 0.1) is 11.6 Å². The minimum Gasteiger partial charge on any atom is -0.394 e. The molecule has 0 unspecified atom stereocenters. The Morgan fingerprint density at radius 2 is 1.65 bits per heavy atom. The monoisotopic (exact) mass is 273 g/mol. The first-order chi connectivity index (χ1) is 8.00. The maximum Gasteiger partial charge on any atom is 0.156 e. The van der Waals surface area contributed by atoms with Gasteiger partial charge < -0.3 is 5.73 Å². The second kappa shape index (κ2) is 4.51. The topological polar surface area (TPSA) is 26.0 Å². The lowest BCUT2D eigenvalue weighted by Gasteiger charge is -2.07. The molecule has 17 heavy (non-hydrogen) atoms. The van der Waals surface area contributed by atoms with E-state index in [1.54, 1.807) is 6.07 Å². The van der Waals surface area contributed by atoms with Crippen molar-refractivity contribution in [2.24, 2.45) is 0 Å². The highest BCUT2D eigenvalue weighted by atomic mass is 35.5. The SMILES string of the molecule is Nc1c(F)ccc(-c2ccc(Cl)c(Cl)c2)c1F. The number of benzene rings is 2. The Morgan fingerprint density at radius 1 is 0.941 bits per heavy atom. The third kappa shape index (κ3) is 2.21. The normalized spacial score (nSPS) is 10.6. The van der Waals surface area contributed by atoms with E-state index in [1.165, 1.54) is 18.2 Å². The van der Waals surface area contributed by atoms with Crippen LogP contribution in [-0.4, -0.2) is 0 Å². The second-order valence-electron chi connectivity index (χ2n) is 3.45. The lowest BCUT2D eigenvalue weighted by atomic mass is 10.0. The van der Waals surface area contributed by atoms with Gasteiger partial charge in [-0.15, -0.1) is 0 Å². The lowest BCUT2D eigenvalue weighted by Crippen LogP contribution is -1.97. The molecule has 0 radical (unpaired) electrons. The molecule has 0 aliphatic carbocycles. The van der Waals surface area contributed by atoms with E-state index in [0.717, 1.165) is 6.07 Å². The Kier molecular flexibility index (Phi) is 3.22. The standard InChI is InChI=1S/C12H7Cl2F2N/c13-8-3-1-6(5-9(8)14)7-2-4-10(15)12(17)11(7)16/h1-5H,17H2. The fraction of sp³-hybridized carbons (Fsp3) is 0.